The second kappa shape index (κ2) is 14.6. The zero-order chi connectivity index (χ0) is 35.8. The number of benzene rings is 3. The molecule has 3 aliphatic rings. The van der Waals surface area contributed by atoms with Gasteiger partial charge in [-0.3, -0.25) is 28.8 Å². The molecule has 2 radical (unpaired) electrons. The average Bonchev–Trinajstić information content (AvgIpc) is 3.01. The molecule has 0 heterocycles. The van der Waals surface area contributed by atoms with E-state index in [1.54, 1.807) is 18.2 Å². The van der Waals surface area contributed by atoms with Crippen LogP contribution >= 0.6 is 0 Å². The Morgan fingerprint density at radius 3 is 0.714 bits per heavy atom. The van der Waals surface area contributed by atoms with Crippen molar-refractivity contribution >= 4 is 91.3 Å². The van der Waals surface area contributed by atoms with Crippen molar-refractivity contribution in [3.05, 3.63) is 139 Å². The summed E-state index contributed by atoms with van der Waals surface area (Å²) in [7, 11) is -14.7. The van der Waals surface area contributed by atoms with Gasteiger partial charge in [0.2, 0.25) is 17.3 Å². The molecule has 248 valence electrons. The predicted octanol–water partition coefficient (Wildman–Crippen LogP) is 1.10. The number of carbonyl (C=O) groups is 6. The summed E-state index contributed by atoms with van der Waals surface area (Å²) in [5, 5.41) is 0. The molecule has 0 aliphatic heterocycles. The third-order valence-corrected chi connectivity index (χ3v) is 9.10. The van der Waals surface area contributed by atoms with E-state index < -0.39 is 79.8 Å². The molecule has 0 fully saturated rings. The molecule has 6 rings (SSSR count). The second-order valence-electron chi connectivity index (χ2n) is 9.61. The van der Waals surface area contributed by atoms with Crippen LogP contribution in [-0.4, -0.2) is 99.8 Å². The van der Waals surface area contributed by atoms with Gasteiger partial charge in [0.05, 0.1) is 0 Å². The molecule has 3 aromatic rings. The molecular formula is C30H15BiO15S3. The topological polar surface area (TPSA) is 274 Å². The van der Waals surface area contributed by atoms with Crippen molar-refractivity contribution in [2.24, 2.45) is 0 Å². The van der Waals surface area contributed by atoms with Crippen LogP contribution in [0, 0.1) is 0 Å². The van der Waals surface area contributed by atoms with E-state index in [4.69, 9.17) is 0 Å². The van der Waals surface area contributed by atoms with E-state index in [1.807, 2.05) is 0 Å². The number of carbonyl (C=O) groups excluding carboxylic acids is 6. The van der Waals surface area contributed by atoms with E-state index >= 15 is 0 Å². The van der Waals surface area contributed by atoms with Crippen molar-refractivity contribution in [3.63, 3.8) is 0 Å². The zero-order valence-electron chi connectivity index (χ0n) is 24.0. The standard InChI is InChI=1S/3C10H6O5S.Bi/c3*11-8-5-9(16(13,14)15)10(12)7-4-2-1-3-6(7)8;/h3*1-5H,(H,13,14,15);/q;;;+3/p-3. The SMILES string of the molecule is O=C1C=C(S(=O)(=O)[O-])C(=O)c2ccccc21.O=C1C=C(S(=O)(=O)[O-])C(=O)c2ccccc21.O=C1C=C(S(=O)(=O)[O-])C(=O)c2ccccc21.[Bi+3]. The van der Waals surface area contributed by atoms with Gasteiger partial charge in [0.25, 0.3) is 0 Å². The summed E-state index contributed by atoms with van der Waals surface area (Å²) in [5.41, 5.74) is 0.179. The van der Waals surface area contributed by atoms with E-state index in [2.05, 4.69) is 0 Å². The average molecular weight is 921 g/mol. The first-order valence-electron chi connectivity index (χ1n) is 12.8. The Balaban J connectivity index is 0.000000197. The van der Waals surface area contributed by atoms with E-state index in [9.17, 15) is 67.7 Å². The number of Topliss-reactive ketones (excluding diaryl/α,β-unsaturated/α-hetero) is 3. The Labute approximate surface area is 296 Å². The molecule has 19 heteroatoms. The Hall–Kier alpha value is -4.49. The largest absolute Gasteiger partial charge is 3.00 e. The third-order valence-electron chi connectivity index (χ3n) is 6.58. The molecule has 0 aromatic heterocycles. The van der Waals surface area contributed by atoms with E-state index in [0.29, 0.717) is 18.2 Å². The van der Waals surface area contributed by atoms with Gasteiger partial charge in [-0.2, -0.15) is 0 Å². The molecule has 49 heavy (non-hydrogen) atoms. The fourth-order valence-corrected chi connectivity index (χ4v) is 6.20. The number of hydrogen-bond donors (Lipinski definition) is 0. The summed E-state index contributed by atoms with van der Waals surface area (Å²) in [6.07, 6.45) is 1.73. The Bertz CT molecular complexity index is 2150. The van der Waals surface area contributed by atoms with Gasteiger partial charge in [0.15, 0.2) is 17.3 Å². The Morgan fingerprint density at radius 2 is 0.531 bits per heavy atom. The molecule has 0 saturated carbocycles. The molecule has 0 N–H and O–H groups in total. The quantitative estimate of drug-likeness (QED) is 0.263. The summed E-state index contributed by atoms with van der Waals surface area (Å²) in [6, 6.07) is 17.3. The molecule has 15 nitrogen and oxygen atoms in total. The van der Waals surface area contributed by atoms with Crippen molar-refractivity contribution in [2.75, 3.05) is 0 Å². The zero-order valence-corrected chi connectivity index (χ0v) is 29.9. The van der Waals surface area contributed by atoms with Crippen molar-refractivity contribution in [2.45, 2.75) is 0 Å². The summed E-state index contributed by atoms with van der Waals surface area (Å²) < 4.78 is 96.8. The maximum absolute atomic E-state index is 11.6. The summed E-state index contributed by atoms with van der Waals surface area (Å²) in [5.74, 6) is -4.72. The number of allylic oxidation sites excluding steroid dienone is 6. The number of ketones is 6. The Kier molecular flexibility index (Phi) is 11.6. The van der Waals surface area contributed by atoms with Crippen LogP contribution in [0.1, 0.15) is 62.1 Å². The van der Waals surface area contributed by atoms with Crippen molar-refractivity contribution in [1.82, 2.24) is 0 Å². The maximum atomic E-state index is 11.6. The molecule has 3 aliphatic carbocycles. The van der Waals surface area contributed by atoms with Gasteiger partial charge < -0.3 is 13.7 Å². The van der Waals surface area contributed by atoms with E-state index in [0.717, 1.165) is 0 Å². The van der Waals surface area contributed by atoms with Crippen molar-refractivity contribution in [3.8, 4) is 0 Å². The van der Waals surface area contributed by atoms with Crippen LogP contribution in [0.15, 0.2) is 106 Å². The van der Waals surface area contributed by atoms with Crippen LogP contribution in [0.5, 0.6) is 0 Å². The van der Waals surface area contributed by atoms with E-state index in [-0.39, 0.29) is 59.6 Å². The van der Waals surface area contributed by atoms with Crippen molar-refractivity contribution in [1.29, 1.82) is 0 Å². The molecule has 0 atom stereocenters. The van der Waals surface area contributed by atoms with Crippen LogP contribution in [-0.2, 0) is 30.4 Å². The molecule has 0 saturated heterocycles. The number of hydrogen-bond acceptors (Lipinski definition) is 15. The van der Waals surface area contributed by atoms with Crippen LogP contribution in [0.4, 0.5) is 0 Å². The van der Waals surface area contributed by atoms with Gasteiger partial charge in [-0.25, -0.2) is 25.3 Å². The minimum Gasteiger partial charge on any atom is -0.744 e. The first kappa shape index (κ1) is 39.0. The van der Waals surface area contributed by atoms with Gasteiger partial charge in [0, 0.05) is 51.6 Å². The second-order valence-corrected chi connectivity index (χ2v) is 13.6. The van der Waals surface area contributed by atoms with Gasteiger partial charge in [-0.1, -0.05) is 72.8 Å². The van der Waals surface area contributed by atoms with Crippen molar-refractivity contribution < 1.29 is 67.7 Å². The van der Waals surface area contributed by atoms with E-state index in [1.165, 1.54) is 54.6 Å². The summed E-state index contributed by atoms with van der Waals surface area (Å²) in [6.45, 7) is 0. The molecular weight excluding hydrogens is 905 g/mol. The fourth-order valence-electron chi connectivity index (χ4n) is 4.43. The smallest absolute Gasteiger partial charge is 0.744 e. The van der Waals surface area contributed by atoms with Gasteiger partial charge in [-0.15, -0.1) is 0 Å². The summed E-state index contributed by atoms with van der Waals surface area (Å²) >= 11 is 0. The van der Waals surface area contributed by atoms with Crippen LogP contribution in [0.3, 0.4) is 0 Å². The Morgan fingerprint density at radius 1 is 0.347 bits per heavy atom. The first-order valence-corrected chi connectivity index (χ1v) is 17.0. The van der Waals surface area contributed by atoms with Gasteiger partial charge >= 0.3 is 26.2 Å². The van der Waals surface area contributed by atoms with Crippen LogP contribution in [0.25, 0.3) is 0 Å². The number of rotatable bonds is 3. The molecule has 0 bridgehead atoms. The minimum absolute atomic E-state index is 0. The maximum Gasteiger partial charge on any atom is 3.00 e. The molecule has 3 aromatic carbocycles. The normalized spacial score (nSPS) is 15.4. The third kappa shape index (κ3) is 8.39. The van der Waals surface area contributed by atoms with Gasteiger partial charge in [-0.05, 0) is 0 Å². The molecule has 0 amide bonds. The predicted molar refractivity (Wildman–Crippen MR) is 164 cm³/mol. The summed E-state index contributed by atoms with van der Waals surface area (Å²) in [4.78, 5) is 66.2. The van der Waals surface area contributed by atoms with Crippen LogP contribution in [0.2, 0.25) is 0 Å². The fraction of sp³-hybridized carbons (Fsp3) is 0. The molecule has 0 unspecified atom stereocenters. The monoisotopic (exact) mass is 920 g/mol. The number of fused-ring (bicyclic) bond motifs is 3. The minimum atomic E-state index is -4.91. The van der Waals surface area contributed by atoms with Crippen LogP contribution < -0.4 is 0 Å². The first-order chi connectivity index (χ1) is 22.2. The molecule has 0 spiro atoms. The van der Waals surface area contributed by atoms with Gasteiger partial charge in [0.1, 0.15) is 45.1 Å².